The standard InChI is InChI=1S/C11H8F2N2O/c1-15-6-5-14-11(15)10(16)9-7(12)3-2-4-8(9)13/h2-6H,1H3. The number of carbonyl (C=O) groups is 1. The Kier molecular flexibility index (Phi) is 2.52. The van der Waals surface area contributed by atoms with Crippen molar-refractivity contribution in [3.05, 3.63) is 53.6 Å². The quantitative estimate of drug-likeness (QED) is 0.728. The second-order valence-electron chi connectivity index (χ2n) is 3.29. The third kappa shape index (κ3) is 1.60. The Morgan fingerprint density at radius 3 is 2.44 bits per heavy atom. The Labute approximate surface area is 90.3 Å². The maximum atomic E-state index is 13.3. The molecule has 0 radical (unpaired) electrons. The van der Waals surface area contributed by atoms with Crippen LogP contribution in [0, 0.1) is 11.6 Å². The van der Waals surface area contributed by atoms with E-state index in [9.17, 15) is 13.6 Å². The van der Waals surface area contributed by atoms with Crippen LogP contribution >= 0.6 is 0 Å². The molecule has 1 aromatic carbocycles. The summed E-state index contributed by atoms with van der Waals surface area (Å²) < 4.78 is 28.1. The van der Waals surface area contributed by atoms with Crippen molar-refractivity contribution in [1.82, 2.24) is 9.55 Å². The molecule has 1 aromatic heterocycles. The van der Waals surface area contributed by atoms with Crippen LogP contribution in [0.2, 0.25) is 0 Å². The molecule has 0 aliphatic carbocycles. The smallest absolute Gasteiger partial charge is 0.234 e. The lowest BCUT2D eigenvalue weighted by Gasteiger charge is -2.03. The second-order valence-corrected chi connectivity index (χ2v) is 3.29. The first-order valence-electron chi connectivity index (χ1n) is 4.57. The fraction of sp³-hybridized carbons (Fsp3) is 0.0909. The van der Waals surface area contributed by atoms with Crippen molar-refractivity contribution in [3.63, 3.8) is 0 Å². The Morgan fingerprint density at radius 2 is 1.94 bits per heavy atom. The Balaban J connectivity index is 2.54. The van der Waals surface area contributed by atoms with Crippen LogP contribution < -0.4 is 0 Å². The minimum atomic E-state index is -0.881. The zero-order chi connectivity index (χ0) is 11.7. The van der Waals surface area contributed by atoms with Crippen molar-refractivity contribution in [2.75, 3.05) is 0 Å². The zero-order valence-corrected chi connectivity index (χ0v) is 8.45. The van der Waals surface area contributed by atoms with Crippen LogP contribution in [0.25, 0.3) is 0 Å². The van der Waals surface area contributed by atoms with E-state index >= 15 is 0 Å². The minimum Gasteiger partial charge on any atom is -0.331 e. The summed E-state index contributed by atoms with van der Waals surface area (Å²) in [6, 6.07) is 3.29. The second kappa shape index (κ2) is 3.84. The van der Waals surface area contributed by atoms with Crippen LogP contribution in [0.1, 0.15) is 16.2 Å². The number of ketones is 1. The van der Waals surface area contributed by atoms with E-state index in [4.69, 9.17) is 0 Å². The van der Waals surface area contributed by atoms with Gasteiger partial charge in [-0.3, -0.25) is 4.79 Å². The number of halogens is 2. The number of hydrogen-bond donors (Lipinski definition) is 0. The maximum absolute atomic E-state index is 13.3. The number of aromatic nitrogens is 2. The molecule has 0 saturated heterocycles. The monoisotopic (exact) mass is 222 g/mol. The number of nitrogens with zero attached hydrogens (tertiary/aromatic N) is 2. The molecular formula is C11H8F2N2O. The van der Waals surface area contributed by atoms with Gasteiger partial charge < -0.3 is 4.57 Å². The van der Waals surface area contributed by atoms with Crippen LogP contribution in [-0.4, -0.2) is 15.3 Å². The summed E-state index contributed by atoms with van der Waals surface area (Å²) in [6.45, 7) is 0. The number of carbonyl (C=O) groups excluding carboxylic acids is 1. The summed E-state index contributed by atoms with van der Waals surface area (Å²) in [5, 5.41) is 0. The SMILES string of the molecule is Cn1ccnc1C(=O)c1c(F)cccc1F. The van der Waals surface area contributed by atoms with Crippen LogP contribution in [0.5, 0.6) is 0 Å². The molecule has 0 N–H and O–H groups in total. The summed E-state index contributed by atoms with van der Waals surface area (Å²) in [5.41, 5.74) is -0.572. The predicted octanol–water partition coefficient (Wildman–Crippen LogP) is 1.93. The molecule has 2 rings (SSSR count). The van der Waals surface area contributed by atoms with Gasteiger partial charge in [-0.1, -0.05) is 6.07 Å². The van der Waals surface area contributed by atoms with Crippen molar-refractivity contribution in [1.29, 1.82) is 0 Å². The van der Waals surface area contributed by atoms with Crippen molar-refractivity contribution in [3.8, 4) is 0 Å². The van der Waals surface area contributed by atoms with Crippen molar-refractivity contribution in [2.45, 2.75) is 0 Å². The molecule has 0 unspecified atom stereocenters. The average molecular weight is 222 g/mol. The average Bonchev–Trinajstić information content (AvgIpc) is 2.64. The first-order valence-corrected chi connectivity index (χ1v) is 4.57. The molecule has 0 saturated carbocycles. The highest BCUT2D eigenvalue weighted by Gasteiger charge is 2.21. The van der Waals surface area contributed by atoms with E-state index < -0.39 is 23.0 Å². The van der Waals surface area contributed by atoms with E-state index in [1.807, 2.05) is 0 Å². The molecule has 5 heteroatoms. The summed E-state index contributed by atoms with van der Waals surface area (Å²) in [4.78, 5) is 15.6. The number of benzene rings is 1. The number of imidazole rings is 1. The molecule has 16 heavy (non-hydrogen) atoms. The van der Waals surface area contributed by atoms with Gasteiger partial charge >= 0.3 is 0 Å². The number of aryl methyl sites for hydroxylation is 1. The third-order valence-electron chi connectivity index (χ3n) is 2.21. The van der Waals surface area contributed by atoms with E-state index in [1.165, 1.54) is 23.0 Å². The minimum absolute atomic E-state index is 0.00370. The fourth-order valence-electron chi connectivity index (χ4n) is 1.41. The molecule has 0 bridgehead atoms. The highest BCUT2D eigenvalue weighted by molar-refractivity contribution is 6.07. The summed E-state index contributed by atoms with van der Waals surface area (Å²) in [7, 11) is 1.58. The van der Waals surface area contributed by atoms with Gasteiger partial charge in [-0.15, -0.1) is 0 Å². The van der Waals surface area contributed by atoms with Crippen LogP contribution in [-0.2, 0) is 7.05 Å². The van der Waals surface area contributed by atoms with Gasteiger partial charge in [0.1, 0.15) is 11.6 Å². The normalized spacial score (nSPS) is 10.4. The van der Waals surface area contributed by atoms with Gasteiger partial charge in [0.25, 0.3) is 0 Å². The highest BCUT2D eigenvalue weighted by atomic mass is 19.1. The molecule has 0 fully saturated rings. The molecule has 0 aliphatic rings. The Morgan fingerprint density at radius 1 is 1.31 bits per heavy atom. The molecular weight excluding hydrogens is 214 g/mol. The number of rotatable bonds is 2. The molecule has 2 aromatic rings. The predicted molar refractivity (Wildman–Crippen MR) is 53.0 cm³/mol. The largest absolute Gasteiger partial charge is 0.331 e. The van der Waals surface area contributed by atoms with Gasteiger partial charge in [-0.25, -0.2) is 13.8 Å². The lowest BCUT2D eigenvalue weighted by Crippen LogP contribution is -2.12. The van der Waals surface area contributed by atoms with Gasteiger partial charge in [0.15, 0.2) is 5.82 Å². The first-order chi connectivity index (χ1) is 7.61. The number of hydrogen-bond acceptors (Lipinski definition) is 2. The van der Waals surface area contributed by atoms with Gasteiger partial charge in [-0.2, -0.15) is 0 Å². The molecule has 0 amide bonds. The highest BCUT2D eigenvalue weighted by Crippen LogP contribution is 2.15. The summed E-state index contributed by atoms with van der Waals surface area (Å²) in [6.07, 6.45) is 2.93. The van der Waals surface area contributed by atoms with Gasteiger partial charge in [-0.05, 0) is 12.1 Å². The van der Waals surface area contributed by atoms with Crippen molar-refractivity contribution < 1.29 is 13.6 Å². The van der Waals surface area contributed by atoms with E-state index in [1.54, 1.807) is 7.05 Å². The lowest BCUT2D eigenvalue weighted by atomic mass is 10.1. The van der Waals surface area contributed by atoms with Gasteiger partial charge in [0.2, 0.25) is 5.78 Å². The molecule has 0 aliphatic heterocycles. The van der Waals surface area contributed by atoms with E-state index in [0.29, 0.717) is 0 Å². The van der Waals surface area contributed by atoms with E-state index in [2.05, 4.69) is 4.98 Å². The van der Waals surface area contributed by atoms with Crippen LogP contribution in [0.15, 0.2) is 30.6 Å². The van der Waals surface area contributed by atoms with Gasteiger partial charge in [0, 0.05) is 19.4 Å². The van der Waals surface area contributed by atoms with Crippen molar-refractivity contribution >= 4 is 5.78 Å². The lowest BCUT2D eigenvalue weighted by molar-refractivity contribution is 0.101. The molecule has 0 spiro atoms. The maximum Gasteiger partial charge on any atom is 0.234 e. The summed E-state index contributed by atoms with van der Waals surface area (Å²) in [5.74, 6) is -2.52. The Hall–Kier alpha value is -2.04. The summed E-state index contributed by atoms with van der Waals surface area (Å²) >= 11 is 0. The fourth-order valence-corrected chi connectivity index (χ4v) is 1.41. The van der Waals surface area contributed by atoms with E-state index in [0.717, 1.165) is 12.1 Å². The van der Waals surface area contributed by atoms with Crippen LogP contribution in [0.3, 0.4) is 0 Å². The topological polar surface area (TPSA) is 34.9 Å². The zero-order valence-electron chi connectivity index (χ0n) is 8.45. The first kappa shape index (κ1) is 10.5. The Bertz CT molecular complexity index is 528. The van der Waals surface area contributed by atoms with Crippen molar-refractivity contribution in [2.24, 2.45) is 7.05 Å². The molecule has 3 nitrogen and oxygen atoms in total. The van der Waals surface area contributed by atoms with E-state index in [-0.39, 0.29) is 5.82 Å². The van der Waals surface area contributed by atoms with Gasteiger partial charge in [0.05, 0.1) is 5.56 Å². The molecule has 0 atom stereocenters. The third-order valence-corrected chi connectivity index (χ3v) is 2.21. The molecule has 1 heterocycles. The molecule has 82 valence electrons. The van der Waals surface area contributed by atoms with Crippen LogP contribution in [0.4, 0.5) is 8.78 Å².